The molecule has 5 heteroatoms. The Morgan fingerprint density at radius 2 is 2.07 bits per heavy atom. The van der Waals surface area contributed by atoms with Crippen LogP contribution in [-0.2, 0) is 9.59 Å². The fourth-order valence-corrected chi connectivity index (χ4v) is 1.06. The van der Waals surface area contributed by atoms with Crippen LogP contribution in [0.5, 0.6) is 0 Å². The van der Waals surface area contributed by atoms with E-state index in [1.165, 1.54) is 4.90 Å². The van der Waals surface area contributed by atoms with Crippen molar-refractivity contribution < 1.29 is 14.7 Å². The molecule has 2 N–H and O–H groups in total. The number of nitrogens with zero attached hydrogens (tertiary/aromatic N) is 1. The molecule has 0 aliphatic rings. The zero-order valence-electron chi connectivity index (χ0n) is 8.99. The Balaban J connectivity index is 4.10. The van der Waals surface area contributed by atoms with Crippen LogP contribution in [0.15, 0.2) is 0 Å². The molecule has 1 amide bonds. The van der Waals surface area contributed by atoms with Gasteiger partial charge in [0.05, 0.1) is 19.6 Å². The van der Waals surface area contributed by atoms with Gasteiger partial charge in [0.25, 0.3) is 0 Å². The number of carboxylic acid groups (broad SMARTS) is 1. The summed E-state index contributed by atoms with van der Waals surface area (Å²) in [5.41, 5.74) is 0. The van der Waals surface area contributed by atoms with E-state index in [4.69, 9.17) is 11.5 Å². The highest BCUT2D eigenvalue weighted by Gasteiger charge is 2.13. The smallest absolute Gasteiger partial charge is 0.317 e. The maximum absolute atomic E-state index is 11.3. The average Bonchev–Trinajstić information content (AvgIpc) is 2.00. The average molecular weight is 212 g/mol. The van der Waals surface area contributed by atoms with Crippen LogP contribution in [0.2, 0.25) is 0 Å². The molecule has 0 aromatic rings. The van der Waals surface area contributed by atoms with Gasteiger partial charge in [-0.3, -0.25) is 14.5 Å². The molecular formula is C10H16N2O3. The van der Waals surface area contributed by atoms with Gasteiger partial charge in [-0.25, -0.2) is 0 Å². The first-order valence-corrected chi connectivity index (χ1v) is 4.62. The van der Waals surface area contributed by atoms with Crippen LogP contribution in [0.25, 0.3) is 0 Å². The molecule has 0 heterocycles. The van der Waals surface area contributed by atoms with E-state index < -0.39 is 5.97 Å². The van der Waals surface area contributed by atoms with Gasteiger partial charge < -0.3 is 10.4 Å². The van der Waals surface area contributed by atoms with Gasteiger partial charge in [-0.15, -0.1) is 6.42 Å². The zero-order chi connectivity index (χ0) is 11.8. The molecule has 0 saturated heterocycles. The number of rotatable bonds is 6. The quantitative estimate of drug-likeness (QED) is 0.584. The minimum absolute atomic E-state index is 0.00861. The lowest BCUT2D eigenvalue weighted by molar-refractivity contribution is -0.138. The van der Waals surface area contributed by atoms with Crippen molar-refractivity contribution in [2.45, 2.75) is 19.9 Å². The van der Waals surface area contributed by atoms with E-state index >= 15 is 0 Å². The number of carbonyl (C=O) groups excluding carboxylic acids is 1. The predicted octanol–water partition coefficient (Wildman–Crippen LogP) is -0.469. The molecule has 84 valence electrons. The molecule has 0 fully saturated rings. The van der Waals surface area contributed by atoms with Crippen LogP contribution in [0.3, 0.4) is 0 Å². The first kappa shape index (κ1) is 13.5. The molecule has 0 aliphatic carbocycles. The number of aliphatic carboxylic acids is 1. The van der Waals surface area contributed by atoms with Crippen LogP contribution in [0.4, 0.5) is 0 Å². The van der Waals surface area contributed by atoms with Crippen molar-refractivity contribution in [3.63, 3.8) is 0 Å². The molecule has 0 aliphatic heterocycles. The van der Waals surface area contributed by atoms with E-state index in [-0.39, 0.29) is 31.6 Å². The maximum Gasteiger partial charge on any atom is 0.317 e. The van der Waals surface area contributed by atoms with Crippen molar-refractivity contribution >= 4 is 11.9 Å². The lowest BCUT2D eigenvalue weighted by Crippen LogP contribution is -2.42. The normalized spacial score (nSPS) is 10.1. The molecule has 0 radical (unpaired) electrons. The molecular weight excluding hydrogens is 196 g/mol. The van der Waals surface area contributed by atoms with Crippen molar-refractivity contribution in [1.82, 2.24) is 10.2 Å². The highest BCUT2D eigenvalue weighted by atomic mass is 16.4. The summed E-state index contributed by atoms with van der Waals surface area (Å²) in [6, 6.07) is 0.0370. The van der Waals surface area contributed by atoms with Crippen LogP contribution in [0, 0.1) is 12.3 Å². The summed E-state index contributed by atoms with van der Waals surface area (Å²) < 4.78 is 0. The van der Waals surface area contributed by atoms with Crippen LogP contribution in [-0.4, -0.2) is 47.6 Å². The molecule has 0 bridgehead atoms. The Hall–Kier alpha value is -1.54. The van der Waals surface area contributed by atoms with E-state index in [2.05, 4.69) is 11.2 Å². The molecule has 0 atom stereocenters. The fraction of sp³-hybridized carbons (Fsp3) is 0.600. The first-order valence-electron chi connectivity index (χ1n) is 4.62. The van der Waals surface area contributed by atoms with Crippen LogP contribution < -0.4 is 5.32 Å². The predicted molar refractivity (Wildman–Crippen MR) is 56.2 cm³/mol. The number of terminal acetylenes is 1. The highest BCUT2D eigenvalue weighted by Crippen LogP contribution is 1.88. The number of carboxylic acids is 1. The number of hydrogen-bond acceptors (Lipinski definition) is 3. The molecule has 0 saturated carbocycles. The second-order valence-corrected chi connectivity index (χ2v) is 3.47. The summed E-state index contributed by atoms with van der Waals surface area (Å²) in [6.45, 7) is 3.60. The van der Waals surface area contributed by atoms with E-state index in [9.17, 15) is 9.59 Å². The van der Waals surface area contributed by atoms with Gasteiger partial charge in [-0.1, -0.05) is 5.92 Å². The monoisotopic (exact) mass is 212 g/mol. The first-order chi connectivity index (χ1) is 6.95. The lowest BCUT2D eigenvalue weighted by Gasteiger charge is -2.17. The summed E-state index contributed by atoms with van der Waals surface area (Å²) in [4.78, 5) is 23.1. The third-order valence-electron chi connectivity index (χ3n) is 1.49. The summed E-state index contributed by atoms with van der Waals surface area (Å²) in [7, 11) is 0. The third kappa shape index (κ3) is 7.52. The Morgan fingerprint density at radius 1 is 1.47 bits per heavy atom. The van der Waals surface area contributed by atoms with Crippen molar-refractivity contribution in [3.05, 3.63) is 0 Å². The second-order valence-electron chi connectivity index (χ2n) is 3.47. The maximum atomic E-state index is 11.3. The van der Waals surface area contributed by atoms with Gasteiger partial charge in [0.1, 0.15) is 0 Å². The number of nitrogens with one attached hydrogen (secondary N) is 1. The molecule has 0 aromatic carbocycles. The largest absolute Gasteiger partial charge is 0.480 e. The molecule has 15 heavy (non-hydrogen) atoms. The molecule has 5 nitrogen and oxygen atoms in total. The minimum Gasteiger partial charge on any atom is -0.480 e. The van der Waals surface area contributed by atoms with Gasteiger partial charge >= 0.3 is 5.97 Å². The summed E-state index contributed by atoms with van der Waals surface area (Å²) >= 11 is 0. The van der Waals surface area contributed by atoms with Crippen molar-refractivity contribution in [2.75, 3.05) is 19.6 Å². The van der Waals surface area contributed by atoms with E-state index in [1.54, 1.807) is 0 Å². The van der Waals surface area contributed by atoms with Crippen molar-refractivity contribution in [3.8, 4) is 12.3 Å². The lowest BCUT2D eigenvalue weighted by atomic mass is 10.3. The number of hydrogen-bond donors (Lipinski definition) is 2. The standard InChI is InChI=1S/C10H16N2O3/c1-4-5-12(7-10(14)15)6-9(13)11-8(2)3/h1,8H,5-7H2,2-3H3,(H,11,13)(H,14,15). The van der Waals surface area contributed by atoms with Gasteiger partial charge in [0.15, 0.2) is 0 Å². The van der Waals surface area contributed by atoms with Crippen LogP contribution in [0.1, 0.15) is 13.8 Å². The zero-order valence-corrected chi connectivity index (χ0v) is 8.99. The Morgan fingerprint density at radius 3 is 2.47 bits per heavy atom. The summed E-state index contributed by atoms with van der Waals surface area (Å²) in [6.07, 6.45) is 5.07. The molecule has 0 unspecified atom stereocenters. The SMILES string of the molecule is C#CCN(CC(=O)O)CC(=O)NC(C)C. The highest BCUT2D eigenvalue weighted by molar-refractivity contribution is 5.79. The Kier molecular flexibility index (Phi) is 6.14. The molecule has 0 spiro atoms. The summed E-state index contributed by atoms with van der Waals surface area (Å²) in [5.74, 6) is 1.10. The molecule has 0 aromatic heterocycles. The number of carbonyl (C=O) groups is 2. The minimum atomic E-state index is -0.998. The summed E-state index contributed by atoms with van der Waals surface area (Å²) in [5, 5.41) is 11.2. The van der Waals surface area contributed by atoms with Gasteiger partial charge in [-0.2, -0.15) is 0 Å². The Labute approximate surface area is 89.4 Å². The number of amides is 1. The van der Waals surface area contributed by atoms with Crippen LogP contribution >= 0.6 is 0 Å². The van der Waals surface area contributed by atoms with Crippen molar-refractivity contribution in [1.29, 1.82) is 0 Å². The van der Waals surface area contributed by atoms with Gasteiger partial charge in [0, 0.05) is 6.04 Å². The third-order valence-corrected chi connectivity index (χ3v) is 1.49. The van der Waals surface area contributed by atoms with Gasteiger partial charge in [-0.05, 0) is 13.8 Å². The van der Waals surface area contributed by atoms with Gasteiger partial charge in [0.2, 0.25) is 5.91 Å². The topological polar surface area (TPSA) is 69.6 Å². The fourth-order valence-electron chi connectivity index (χ4n) is 1.06. The van der Waals surface area contributed by atoms with Crippen molar-refractivity contribution in [2.24, 2.45) is 0 Å². The Bertz CT molecular complexity index is 268. The second kappa shape index (κ2) is 6.85. The van der Waals surface area contributed by atoms with E-state index in [0.29, 0.717) is 0 Å². The van der Waals surface area contributed by atoms with E-state index in [1.807, 2.05) is 13.8 Å². The molecule has 0 rings (SSSR count). The van der Waals surface area contributed by atoms with E-state index in [0.717, 1.165) is 0 Å².